The zero-order valence-corrected chi connectivity index (χ0v) is 13.9. The third-order valence-electron chi connectivity index (χ3n) is 3.59. The average Bonchev–Trinajstić information content (AvgIpc) is 2.87. The molecule has 2 rings (SSSR count). The molecule has 0 saturated heterocycles. The van der Waals surface area contributed by atoms with Crippen LogP contribution in [0.2, 0.25) is 0 Å². The van der Waals surface area contributed by atoms with E-state index in [-0.39, 0.29) is 11.7 Å². The van der Waals surface area contributed by atoms with Crippen LogP contribution < -0.4 is 10.1 Å². The number of aryl methyl sites for hydroxylation is 2. The van der Waals surface area contributed by atoms with E-state index in [9.17, 15) is 10.1 Å². The monoisotopic (exact) mass is 318 g/mol. The Morgan fingerprint density at radius 1 is 1.43 bits per heavy atom. The number of hydrogen-bond donors (Lipinski definition) is 1. The number of aromatic nitrogens is 2. The molecule has 7 nitrogen and oxygen atoms in total. The van der Waals surface area contributed by atoms with Gasteiger partial charge in [-0.15, -0.1) is 0 Å². The fourth-order valence-corrected chi connectivity index (χ4v) is 2.46. The molecule has 0 fully saturated rings. The van der Waals surface area contributed by atoms with Gasteiger partial charge in [0.15, 0.2) is 5.75 Å². The third-order valence-corrected chi connectivity index (χ3v) is 3.59. The number of nitro benzene ring substituents is 1. The van der Waals surface area contributed by atoms with Crippen molar-refractivity contribution >= 4 is 11.4 Å². The molecule has 7 heteroatoms. The third kappa shape index (κ3) is 3.80. The molecule has 0 bridgehead atoms. The molecule has 0 saturated carbocycles. The number of nitro groups is 1. The molecule has 1 heterocycles. The van der Waals surface area contributed by atoms with Crippen molar-refractivity contribution in [3.63, 3.8) is 0 Å². The summed E-state index contributed by atoms with van der Waals surface area (Å²) in [5, 5.41) is 19.0. The number of hydrogen-bond acceptors (Lipinski definition) is 5. The van der Waals surface area contributed by atoms with E-state index in [2.05, 4.69) is 10.4 Å². The minimum atomic E-state index is -0.414. The second-order valence-electron chi connectivity index (χ2n) is 5.30. The topological polar surface area (TPSA) is 82.2 Å². The molecular formula is C16H22N4O3. The molecule has 0 aliphatic rings. The van der Waals surface area contributed by atoms with Crippen LogP contribution in [-0.2, 0) is 13.5 Å². The predicted molar refractivity (Wildman–Crippen MR) is 88.9 cm³/mol. The van der Waals surface area contributed by atoms with Crippen LogP contribution in [-0.4, -0.2) is 21.3 Å². The van der Waals surface area contributed by atoms with Gasteiger partial charge < -0.3 is 10.1 Å². The zero-order chi connectivity index (χ0) is 17.0. The van der Waals surface area contributed by atoms with Gasteiger partial charge in [-0.1, -0.05) is 13.0 Å². The van der Waals surface area contributed by atoms with E-state index in [1.807, 2.05) is 33.2 Å². The van der Waals surface area contributed by atoms with Crippen molar-refractivity contribution in [1.82, 2.24) is 9.78 Å². The average molecular weight is 318 g/mol. The van der Waals surface area contributed by atoms with Crippen LogP contribution in [0.5, 0.6) is 5.75 Å². The second-order valence-corrected chi connectivity index (χ2v) is 5.30. The minimum Gasteiger partial charge on any atom is -0.487 e. The summed E-state index contributed by atoms with van der Waals surface area (Å²) in [6, 6.07) is 4.97. The van der Waals surface area contributed by atoms with Gasteiger partial charge in [0.05, 0.1) is 22.9 Å². The molecule has 0 radical (unpaired) electrons. The minimum absolute atomic E-state index is 0.0140. The summed E-state index contributed by atoms with van der Waals surface area (Å²) >= 11 is 0. The number of anilines is 1. The molecule has 124 valence electrons. The SMILES string of the molecule is CCOc1ccc(C(C)Nc2cn(C)nc2CC)cc1[N+](=O)[O-]. The lowest BCUT2D eigenvalue weighted by Gasteiger charge is -2.16. The lowest BCUT2D eigenvalue weighted by atomic mass is 10.1. The number of rotatable bonds is 7. The molecule has 1 aromatic carbocycles. The maximum atomic E-state index is 11.2. The number of benzene rings is 1. The molecule has 1 unspecified atom stereocenters. The Balaban J connectivity index is 2.26. The normalized spacial score (nSPS) is 12.0. The summed E-state index contributed by atoms with van der Waals surface area (Å²) in [7, 11) is 1.87. The van der Waals surface area contributed by atoms with Crippen molar-refractivity contribution in [2.24, 2.45) is 7.05 Å². The van der Waals surface area contributed by atoms with Gasteiger partial charge in [-0.3, -0.25) is 14.8 Å². The molecule has 0 amide bonds. The molecule has 2 aromatic rings. The summed E-state index contributed by atoms with van der Waals surface area (Å²) < 4.78 is 7.07. The molecule has 0 spiro atoms. The van der Waals surface area contributed by atoms with E-state index in [0.717, 1.165) is 23.4 Å². The fourth-order valence-electron chi connectivity index (χ4n) is 2.46. The van der Waals surface area contributed by atoms with Crippen LogP contribution in [0.25, 0.3) is 0 Å². The van der Waals surface area contributed by atoms with Gasteiger partial charge in [0.2, 0.25) is 0 Å². The molecule has 1 atom stereocenters. The first kappa shape index (κ1) is 16.8. The fraction of sp³-hybridized carbons (Fsp3) is 0.438. The Hall–Kier alpha value is -2.57. The Morgan fingerprint density at radius 3 is 2.78 bits per heavy atom. The zero-order valence-electron chi connectivity index (χ0n) is 13.9. The van der Waals surface area contributed by atoms with Gasteiger partial charge in [-0.2, -0.15) is 5.10 Å². The Bertz CT molecular complexity index is 697. The van der Waals surface area contributed by atoms with Gasteiger partial charge in [0.25, 0.3) is 0 Å². The van der Waals surface area contributed by atoms with E-state index in [1.165, 1.54) is 0 Å². The van der Waals surface area contributed by atoms with Crippen molar-refractivity contribution in [3.8, 4) is 5.75 Å². The van der Waals surface area contributed by atoms with Gasteiger partial charge in [-0.05, 0) is 31.9 Å². The van der Waals surface area contributed by atoms with E-state index < -0.39 is 4.92 Å². The van der Waals surface area contributed by atoms with Crippen LogP contribution in [0.1, 0.15) is 38.1 Å². The molecule has 0 aliphatic heterocycles. The summed E-state index contributed by atoms with van der Waals surface area (Å²) in [5.74, 6) is 0.295. The molecule has 0 aliphatic carbocycles. The molecule has 23 heavy (non-hydrogen) atoms. The van der Waals surface area contributed by atoms with Crippen molar-refractivity contribution in [3.05, 3.63) is 45.8 Å². The van der Waals surface area contributed by atoms with Gasteiger partial charge in [-0.25, -0.2) is 0 Å². The maximum Gasteiger partial charge on any atom is 0.311 e. The van der Waals surface area contributed by atoms with Crippen LogP contribution >= 0.6 is 0 Å². The largest absolute Gasteiger partial charge is 0.487 e. The van der Waals surface area contributed by atoms with Crippen molar-refractivity contribution in [2.45, 2.75) is 33.2 Å². The summed E-state index contributed by atoms with van der Waals surface area (Å²) in [4.78, 5) is 10.8. The number of nitrogens with one attached hydrogen (secondary N) is 1. The Kier molecular flexibility index (Phi) is 5.20. The highest BCUT2D eigenvalue weighted by molar-refractivity contribution is 5.52. The van der Waals surface area contributed by atoms with Gasteiger partial charge in [0.1, 0.15) is 0 Å². The smallest absolute Gasteiger partial charge is 0.311 e. The number of ether oxygens (including phenoxy) is 1. The van der Waals surface area contributed by atoms with Crippen molar-refractivity contribution in [1.29, 1.82) is 0 Å². The first-order valence-electron chi connectivity index (χ1n) is 7.66. The summed E-state index contributed by atoms with van der Waals surface area (Å²) in [6.45, 7) is 6.20. The predicted octanol–water partition coefficient (Wildman–Crippen LogP) is 3.46. The highest BCUT2D eigenvalue weighted by Crippen LogP contribution is 2.31. The first-order chi connectivity index (χ1) is 11.0. The van der Waals surface area contributed by atoms with Crippen molar-refractivity contribution in [2.75, 3.05) is 11.9 Å². The lowest BCUT2D eigenvalue weighted by molar-refractivity contribution is -0.385. The Morgan fingerprint density at radius 2 is 2.17 bits per heavy atom. The molecule has 1 N–H and O–H groups in total. The molecule has 1 aromatic heterocycles. The summed E-state index contributed by atoms with van der Waals surface area (Å²) in [6.07, 6.45) is 2.73. The second kappa shape index (κ2) is 7.13. The van der Waals surface area contributed by atoms with E-state index >= 15 is 0 Å². The highest BCUT2D eigenvalue weighted by Gasteiger charge is 2.19. The van der Waals surface area contributed by atoms with Crippen LogP contribution in [0.15, 0.2) is 24.4 Å². The highest BCUT2D eigenvalue weighted by atomic mass is 16.6. The van der Waals surface area contributed by atoms with Gasteiger partial charge >= 0.3 is 5.69 Å². The van der Waals surface area contributed by atoms with Crippen LogP contribution in [0.4, 0.5) is 11.4 Å². The summed E-state index contributed by atoms with van der Waals surface area (Å²) in [5.41, 5.74) is 2.73. The van der Waals surface area contributed by atoms with Gasteiger partial charge in [0, 0.05) is 25.4 Å². The Labute approximate surface area is 135 Å². The quantitative estimate of drug-likeness (QED) is 0.624. The standard InChI is InChI=1S/C16H22N4O3/c1-5-13-14(10-19(4)18-13)17-11(3)12-7-8-16(23-6-2)15(9-12)20(21)22/h7-11,17H,5-6H2,1-4H3. The van der Waals surface area contributed by atoms with Crippen LogP contribution in [0.3, 0.4) is 0 Å². The number of nitrogens with zero attached hydrogens (tertiary/aromatic N) is 3. The lowest BCUT2D eigenvalue weighted by Crippen LogP contribution is -2.08. The van der Waals surface area contributed by atoms with Crippen LogP contribution in [0, 0.1) is 10.1 Å². The first-order valence-corrected chi connectivity index (χ1v) is 7.66. The van der Waals surface area contributed by atoms with E-state index in [4.69, 9.17) is 4.74 Å². The van der Waals surface area contributed by atoms with Crippen molar-refractivity contribution < 1.29 is 9.66 Å². The van der Waals surface area contributed by atoms with E-state index in [1.54, 1.807) is 23.7 Å². The molecular weight excluding hydrogens is 296 g/mol. The van der Waals surface area contributed by atoms with E-state index in [0.29, 0.717) is 12.4 Å². The maximum absolute atomic E-state index is 11.2.